The molecule has 3 rings (SSSR count). The van der Waals surface area contributed by atoms with Crippen molar-refractivity contribution in [3.63, 3.8) is 0 Å². The number of nitrogens with zero attached hydrogens (tertiary/aromatic N) is 1. The number of fused-ring (bicyclic) bond motifs is 1. The largest absolute Gasteiger partial charge is 0.367 e. The van der Waals surface area contributed by atoms with E-state index in [1.54, 1.807) is 0 Å². The molecule has 0 radical (unpaired) electrons. The Labute approximate surface area is 124 Å². The molecule has 1 aromatic carbocycles. The van der Waals surface area contributed by atoms with E-state index in [4.69, 9.17) is 0 Å². The van der Waals surface area contributed by atoms with E-state index in [0.717, 1.165) is 42.6 Å². The molecular formula is C14H20N4O2S. The Morgan fingerprint density at radius 1 is 1.29 bits per heavy atom. The summed E-state index contributed by atoms with van der Waals surface area (Å²) in [5.74, 6) is 0.00142. The second-order valence-corrected chi connectivity index (χ2v) is 7.18. The standard InChI is InChI=1S/C14H20N4O2S/c1-15-21(19,20)10-11-2-3-12-13(8-11)17-9-14(12)18-6-4-16-5-7-18/h2-3,8-9,15-17H,4-7,10H2,1H3. The molecule has 2 heterocycles. The summed E-state index contributed by atoms with van der Waals surface area (Å²) in [7, 11) is -1.80. The molecule has 1 fully saturated rings. The lowest BCUT2D eigenvalue weighted by atomic mass is 10.1. The van der Waals surface area contributed by atoms with Crippen molar-refractivity contribution in [3.8, 4) is 0 Å². The summed E-state index contributed by atoms with van der Waals surface area (Å²) in [4.78, 5) is 5.60. The molecule has 114 valence electrons. The maximum Gasteiger partial charge on any atom is 0.215 e. The number of hydrogen-bond donors (Lipinski definition) is 3. The van der Waals surface area contributed by atoms with Crippen LogP contribution in [0.1, 0.15) is 5.56 Å². The fraction of sp³-hybridized carbons (Fsp3) is 0.429. The molecule has 0 spiro atoms. The molecule has 1 aliphatic rings. The Morgan fingerprint density at radius 3 is 2.76 bits per heavy atom. The normalized spacial score (nSPS) is 16.5. The van der Waals surface area contributed by atoms with Crippen molar-refractivity contribution in [2.75, 3.05) is 38.1 Å². The molecule has 0 bridgehead atoms. The van der Waals surface area contributed by atoms with Gasteiger partial charge in [-0.1, -0.05) is 12.1 Å². The van der Waals surface area contributed by atoms with E-state index >= 15 is 0 Å². The van der Waals surface area contributed by atoms with Gasteiger partial charge < -0.3 is 15.2 Å². The summed E-state index contributed by atoms with van der Waals surface area (Å²) in [6.07, 6.45) is 2.01. The van der Waals surface area contributed by atoms with E-state index in [-0.39, 0.29) is 5.75 Å². The van der Waals surface area contributed by atoms with Gasteiger partial charge in [-0.3, -0.25) is 0 Å². The maximum atomic E-state index is 11.6. The molecule has 1 aliphatic heterocycles. The number of rotatable bonds is 4. The van der Waals surface area contributed by atoms with Crippen molar-refractivity contribution in [2.24, 2.45) is 0 Å². The van der Waals surface area contributed by atoms with Crippen LogP contribution < -0.4 is 14.9 Å². The van der Waals surface area contributed by atoms with Crippen molar-refractivity contribution in [1.29, 1.82) is 0 Å². The van der Waals surface area contributed by atoms with Crippen LogP contribution in [-0.2, 0) is 15.8 Å². The molecule has 6 nitrogen and oxygen atoms in total. The summed E-state index contributed by atoms with van der Waals surface area (Å²) in [5, 5.41) is 4.48. The van der Waals surface area contributed by atoms with Gasteiger partial charge in [0.25, 0.3) is 0 Å². The van der Waals surface area contributed by atoms with Gasteiger partial charge in [-0.15, -0.1) is 0 Å². The van der Waals surface area contributed by atoms with Gasteiger partial charge in [0, 0.05) is 43.3 Å². The minimum atomic E-state index is -3.24. The third-order valence-electron chi connectivity index (χ3n) is 3.85. The number of aromatic amines is 1. The Balaban J connectivity index is 1.90. The first-order valence-corrected chi connectivity index (χ1v) is 8.71. The highest BCUT2D eigenvalue weighted by molar-refractivity contribution is 7.88. The van der Waals surface area contributed by atoms with Crippen LogP contribution in [0, 0.1) is 0 Å². The minimum absolute atomic E-state index is 0.00142. The Morgan fingerprint density at radius 2 is 2.05 bits per heavy atom. The lowest BCUT2D eigenvalue weighted by molar-refractivity contribution is 0.587. The van der Waals surface area contributed by atoms with Crippen LogP contribution in [0.5, 0.6) is 0 Å². The molecule has 2 aromatic rings. The van der Waals surface area contributed by atoms with Gasteiger partial charge in [-0.2, -0.15) is 0 Å². The molecule has 0 aliphatic carbocycles. The van der Waals surface area contributed by atoms with Crippen LogP contribution in [0.25, 0.3) is 10.9 Å². The van der Waals surface area contributed by atoms with Gasteiger partial charge in [0.1, 0.15) is 0 Å². The van der Waals surface area contributed by atoms with Crippen LogP contribution >= 0.6 is 0 Å². The number of piperazine rings is 1. The number of hydrogen-bond acceptors (Lipinski definition) is 4. The first-order chi connectivity index (χ1) is 10.1. The number of anilines is 1. The average Bonchev–Trinajstić information content (AvgIpc) is 2.91. The zero-order valence-corrected chi connectivity index (χ0v) is 12.8. The third kappa shape index (κ3) is 3.04. The highest BCUT2D eigenvalue weighted by Gasteiger charge is 2.15. The fourth-order valence-electron chi connectivity index (χ4n) is 2.71. The second kappa shape index (κ2) is 5.67. The predicted octanol–water partition coefficient (Wildman–Crippen LogP) is 0.627. The van der Waals surface area contributed by atoms with Crippen LogP contribution in [0.2, 0.25) is 0 Å². The monoisotopic (exact) mass is 308 g/mol. The zero-order valence-electron chi connectivity index (χ0n) is 12.0. The average molecular weight is 308 g/mol. The second-order valence-electron chi connectivity index (χ2n) is 5.25. The predicted molar refractivity (Wildman–Crippen MR) is 85.1 cm³/mol. The van der Waals surface area contributed by atoms with E-state index in [2.05, 4.69) is 19.9 Å². The van der Waals surface area contributed by atoms with Gasteiger partial charge in [-0.25, -0.2) is 13.1 Å². The number of nitrogens with one attached hydrogen (secondary N) is 3. The maximum absolute atomic E-state index is 11.6. The molecule has 0 amide bonds. The quantitative estimate of drug-likeness (QED) is 0.774. The van der Waals surface area contributed by atoms with Crippen molar-refractivity contribution in [2.45, 2.75) is 5.75 Å². The van der Waals surface area contributed by atoms with Gasteiger partial charge in [0.2, 0.25) is 10.0 Å². The summed E-state index contributed by atoms with van der Waals surface area (Å²) < 4.78 is 25.6. The first kappa shape index (κ1) is 14.4. The topological polar surface area (TPSA) is 77.2 Å². The third-order valence-corrected chi connectivity index (χ3v) is 5.19. The molecule has 3 N–H and O–H groups in total. The van der Waals surface area contributed by atoms with Crippen LogP contribution in [0.4, 0.5) is 5.69 Å². The first-order valence-electron chi connectivity index (χ1n) is 7.06. The summed E-state index contributed by atoms with van der Waals surface area (Å²) in [6.45, 7) is 3.96. The Hall–Kier alpha value is -1.57. The molecule has 21 heavy (non-hydrogen) atoms. The summed E-state index contributed by atoms with van der Waals surface area (Å²) in [5.41, 5.74) is 2.95. The van der Waals surface area contributed by atoms with E-state index in [0.29, 0.717) is 0 Å². The van der Waals surface area contributed by atoms with Gasteiger partial charge >= 0.3 is 0 Å². The van der Waals surface area contributed by atoms with Crippen LogP contribution in [0.15, 0.2) is 24.4 Å². The van der Waals surface area contributed by atoms with Crippen molar-refractivity contribution in [1.82, 2.24) is 15.0 Å². The van der Waals surface area contributed by atoms with Crippen LogP contribution in [-0.4, -0.2) is 46.6 Å². The molecule has 7 heteroatoms. The summed E-state index contributed by atoms with van der Waals surface area (Å²) >= 11 is 0. The van der Waals surface area contributed by atoms with Gasteiger partial charge in [0.15, 0.2) is 0 Å². The molecular weight excluding hydrogens is 288 g/mol. The van der Waals surface area contributed by atoms with Crippen molar-refractivity contribution >= 4 is 26.6 Å². The molecule has 1 aromatic heterocycles. The lowest BCUT2D eigenvalue weighted by Gasteiger charge is -2.28. The highest BCUT2D eigenvalue weighted by atomic mass is 32.2. The molecule has 1 saturated heterocycles. The van der Waals surface area contributed by atoms with Gasteiger partial charge in [-0.05, 0) is 18.7 Å². The molecule has 0 saturated carbocycles. The van der Waals surface area contributed by atoms with Crippen molar-refractivity contribution < 1.29 is 8.42 Å². The SMILES string of the molecule is CNS(=O)(=O)Cc1ccc2c(N3CCNCC3)c[nH]c2c1. The Kier molecular flexibility index (Phi) is 3.88. The van der Waals surface area contributed by atoms with E-state index in [1.807, 2.05) is 24.4 Å². The Bertz CT molecular complexity index is 733. The number of sulfonamides is 1. The minimum Gasteiger partial charge on any atom is -0.367 e. The van der Waals surface area contributed by atoms with E-state index in [1.165, 1.54) is 12.7 Å². The summed E-state index contributed by atoms with van der Waals surface area (Å²) in [6, 6.07) is 5.80. The number of aromatic nitrogens is 1. The van der Waals surface area contributed by atoms with E-state index in [9.17, 15) is 8.42 Å². The molecule has 0 unspecified atom stereocenters. The zero-order chi connectivity index (χ0) is 14.9. The lowest BCUT2D eigenvalue weighted by Crippen LogP contribution is -2.43. The van der Waals surface area contributed by atoms with E-state index < -0.39 is 10.0 Å². The van der Waals surface area contributed by atoms with Crippen LogP contribution in [0.3, 0.4) is 0 Å². The number of benzene rings is 1. The fourth-order valence-corrected chi connectivity index (χ4v) is 3.47. The van der Waals surface area contributed by atoms with Gasteiger partial charge in [0.05, 0.1) is 11.4 Å². The number of H-pyrrole nitrogens is 1. The highest BCUT2D eigenvalue weighted by Crippen LogP contribution is 2.28. The smallest absolute Gasteiger partial charge is 0.215 e. The molecule has 0 atom stereocenters. The van der Waals surface area contributed by atoms with Crippen molar-refractivity contribution in [3.05, 3.63) is 30.0 Å².